The van der Waals surface area contributed by atoms with E-state index in [2.05, 4.69) is 6.08 Å². The highest BCUT2D eigenvalue weighted by Crippen LogP contribution is 2.40. The van der Waals surface area contributed by atoms with Crippen molar-refractivity contribution in [1.82, 2.24) is 0 Å². The second-order valence-electron chi connectivity index (χ2n) is 3.87. The highest BCUT2D eigenvalue weighted by Gasteiger charge is 2.30. The van der Waals surface area contributed by atoms with Crippen molar-refractivity contribution in [3.05, 3.63) is 11.6 Å². The third-order valence-electron chi connectivity index (χ3n) is 3.13. The average Bonchev–Trinajstić information content (AvgIpc) is 2.49. The smallest absolute Gasteiger partial charge is 0.306 e. The van der Waals surface area contributed by atoms with Crippen molar-refractivity contribution < 1.29 is 9.90 Å². The Morgan fingerprint density at radius 3 is 3.17 bits per heavy atom. The topological polar surface area (TPSA) is 37.3 Å². The van der Waals surface area contributed by atoms with E-state index in [9.17, 15) is 4.79 Å². The van der Waals surface area contributed by atoms with E-state index in [0.29, 0.717) is 5.92 Å². The summed E-state index contributed by atoms with van der Waals surface area (Å²) in [5.41, 5.74) is 1.53. The van der Waals surface area contributed by atoms with Crippen LogP contribution in [0.2, 0.25) is 0 Å². The molecule has 1 saturated carbocycles. The first-order valence-corrected chi connectivity index (χ1v) is 4.69. The molecule has 2 heteroatoms. The summed E-state index contributed by atoms with van der Waals surface area (Å²) in [7, 11) is 0. The number of allylic oxidation sites excluding steroid dienone is 2. The lowest BCUT2D eigenvalue weighted by molar-refractivity contribution is -0.142. The maximum absolute atomic E-state index is 10.7. The number of hydrogen-bond donors (Lipinski definition) is 1. The van der Waals surface area contributed by atoms with Gasteiger partial charge in [-0.2, -0.15) is 0 Å². The van der Waals surface area contributed by atoms with Gasteiger partial charge in [-0.3, -0.25) is 4.79 Å². The highest BCUT2D eigenvalue weighted by atomic mass is 16.4. The lowest BCUT2D eigenvalue weighted by Gasteiger charge is -2.22. The molecule has 0 aliphatic heterocycles. The molecule has 0 aromatic rings. The number of hydrogen-bond acceptors (Lipinski definition) is 1. The Kier molecular flexibility index (Phi) is 1.91. The normalized spacial score (nSPS) is 34.2. The summed E-state index contributed by atoms with van der Waals surface area (Å²) in [5, 5.41) is 8.83. The predicted molar refractivity (Wildman–Crippen MR) is 45.8 cm³/mol. The van der Waals surface area contributed by atoms with Crippen LogP contribution in [0.15, 0.2) is 11.6 Å². The molecular formula is C10H14O2. The minimum Gasteiger partial charge on any atom is -0.481 e. The number of rotatable bonds is 1. The van der Waals surface area contributed by atoms with Gasteiger partial charge in [0.25, 0.3) is 0 Å². The van der Waals surface area contributed by atoms with Gasteiger partial charge in [0.15, 0.2) is 0 Å². The minimum absolute atomic E-state index is 0.100. The zero-order valence-corrected chi connectivity index (χ0v) is 7.12. The third-order valence-corrected chi connectivity index (χ3v) is 3.13. The van der Waals surface area contributed by atoms with Gasteiger partial charge in [0.05, 0.1) is 5.92 Å². The number of carboxylic acids is 1. The molecule has 0 bridgehead atoms. The standard InChI is InChI=1S/C10H14O2/c11-10(12)9-5-4-7-2-1-3-8(7)6-9/h4,8-9H,1-3,5-6H2,(H,11,12). The quantitative estimate of drug-likeness (QED) is 0.606. The van der Waals surface area contributed by atoms with Crippen molar-refractivity contribution >= 4 is 5.97 Å². The summed E-state index contributed by atoms with van der Waals surface area (Å²) >= 11 is 0. The molecule has 66 valence electrons. The molecule has 0 amide bonds. The highest BCUT2D eigenvalue weighted by molar-refractivity contribution is 5.70. The zero-order valence-electron chi connectivity index (χ0n) is 7.12. The van der Waals surface area contributed by atoms with Crippen molar-refractivity contribution in [2.24, 2.45) is 11.8 Å². The molecule has 2 aliphatic rings. The minimum atomic E-state index is -0.614. The third kappa shape index (κ3) is 1.26. The van der Waals surface area contributed by atoms with Crippen LogP contribution in [-0.4, -0.2) is 11.1 Å². The Labute approximate surface area is 72.3 Å². The van der Waals surface area contributed by atoms with Crippen molar-refractivity contribution in [2.75, 3.05) is 0 Å². The SMILES string of the molecule is O=C(O)C1CC=C2CCCC2C1. The Morgan fingerprint density at radius 2 is 2.42 bits per heavy atom. The van der Waals surface area contributed by atoms with Crippen LogP contribution in [0.1, 0.15) is 32.1 Å². The van der Waals surface area contributed by atoms with Crippen LogP contribution in [0.5, 0.6) is 0 Å². The van der Waals surface area contributed by atoms with Crippen LogP contribution < -0.4 is 0 Å². The number of carboxylic acid groups (broad SMARTS) is 1. The zero-order chi connectivity index (χ0) is 8.55. The van der Waals surface area contributed by atoms with Crippen LogP contribution >= 0.6 is 0 Å². The van der Waals surface area contributed by atoms with E-state index in [1.54, 1.807) is 0 Å². The molecule has 2 unspecified atom stereocenters. The Bertz CT molecular complexity index is 230. The lowest BCUT2D eigenvalue weighted by atomic mass is 9.83. The molecule has 2 nitrogen and oxygen atoms in total. The summed E-state index contributed by atoms with van der Waals surface area (Å²) in [6, 6.07) is 0. The summed E-state index contributed by atoms with van der Waals surface area (Å²) in [4.78, 5) is 10.7. The molecule has 1 fully saturated rings. The molecular weight excluding hydrogens is 152 g/mol. The van der Waals surface area contributed by atoms with E-state index in [4.69, 9.17) is 5.11 Å². The van der Waals surface area contributed by atoms with E-state index in [0.717, 1.165) is 12.8 Å². The lowest BCUT2D eigenvalue weighted by Crippen LogP contribution is -2.20. The van der Waals surface area contributed by atoms with E-state index < -0.39 is 5.97 Å². The predicted octanol–water partition coefficient (Wildman–Crippen LogP) is 2.21. The molecule has 2 rings (SSSR count). The van der Waals surface area contributed by atoms with Gasteiger partial charge in [-0.1, -0.05) is 11.6 Å². The summed E-state index contributed by atoms with van der Waals surface area (Å²) in [6.45, 7) is 0. The second-order valence-corrected chi connectivity index (χ2v) is 3.87. The van der Waals surface area contributed by atoms with Crippen molar-refractivity contribution in [3.8, 4) is 0 Å². The Balaban J connectivity index is 2.08. The van der Waals surface area contributed by atoms with E-state index >= 15 is 0 Å². The monoisotopic (exact) mass is 166 g/mol. The van der Waals surface area contributed by atoms with Crippen LogP contribution in [0, 0.1) is 11.8 Å². The number of carbonyl (C=O) groups is 1. The number of aliphatic carboxylic acids is 1. The summed E-state index contributed by atoms with van der Waals surface area (Å²) in [5.74, 6) is -0.103. The first kappa shape index (κ1) is 7.84. The van der Waals surface area contributed by atoms with Gasteiger partial charge < -0.3 is 5.11 Å². The Morgan fingerprint density at radius 1 is 1.58 bits per heavy atom. The molecule has 0 heterocycles. The van der Waals surface area contributed by atoms with Gasteiger partial charge in [-0.15, -0.1) is 0 Å². The first-order chi connectivity index (χ1) is 5.77. The molecule has 12 heavy (non-hydrogen) atoms. The maximum Gasteiger partial charge on any atom is 0.306 e. The largest absolute Gasteiger partial charge is 0.481 e. The van der Waals surface area contributed by atoms with E-state index in [-0.39, 0.29) is 5.92 Å². The van der Waals surface area contributed by atoms with Crippen molar-refractivity contribution in [1.29, 1.82) is 0 Å². The van der Waals surface area contributed by atoms with Gasteiger partial charge in [-0.05, 0) is 38.0 Å². The fourth-order valence-electron chi connectivity index (χ4n) is 2.41. The maximum atomic E-state index is 10.7. The van der Waals surface area contributed by atoms with Crippen molar-refractivity contribution in [2.45, 2.75) is 32.1 Å². The van der Waals surface area contributed by atoms with Crippen molar-refractivity contribution in [3.63, 3.8) is 0 Å². The first-order valence-electron chi connectivity index (χ1n) is 4.69. The molecule has 0 radical (unpaired) electrons. The molecule has 2 aliphatic carbocycles. The molecule has 0 aromatic heterocycles. The second kappa shape index (κ2) is 2.92. The average molecular weight is 166 g/mol. The van der Waals surface area contributed by atoms with Gasteiger partial charge in [0.2, 0.25) is 0 Å². The van der Waals surface area contributed by atoms with Crippen LogP contribution in [0.4, 0.5) is 0 Å². The van der Waals surface area contributed by atoms with Crippen LogP contribution in [0.25, 0.3) is 0 Å². The fraction of sp³-hybridized carbons (Fsp3) is 0.700. The summed E-state index contributed by atoms with van der Waals surface area (Å²) in [6.07, 6.45) is 7.53. The summed E-state index contributed by atoms with van der Waals surface area (Å²) < 4.78 is 0. The van der Waals surface area contributed by atoms with Gasteiger partial charge in [-0.25, -0.2) is 0 Å². The van der Waals surface area contributed by atoms with E-state index in [1.807, 2.05) is 0 Å². The Hall–Kier alpha value is -0.790. The number of fused-ring (bicyclic) bond motifs is 1. The molecule has 0 aromatic carbocycles. The van der Waals surface area contributed by atoms with Gasteiger partial charge >= 0.3 is 5.97 Å². The molecule has 0 spiro atoms. The van der Waals surface area contributed by atoms with E-state index in [1.165, 1.54) is 24.8 Å². The van der Waals surface area contributed by atoms with Gasteiger partial charge in [0, 0.05) is 0 Å². The van der Waals surface area contributed by atoms with Gasteiger partial charge in [0.1, 0.15) is 0 Å². The van der Waals surface area contributed by atoms with Crippen LogP contribution in [-0.2, 0) is 4.79 Å². The fourth-order valence-corrected chi connectivity index (χ4v) is 2.41. The molecule has 1 N–H and O–H groups in total. The molecule has 2 atom stereocenters. The van der Waals surface area contributed by atoms with Crippen LogP contribution in [0.3, 0.4) is 0 Å². The molecule has 0 saturated heterocycles.